The van der Waals surface area contributed by atoms with E-state index in [-0.39, 0.29) is 5.91 Å². The van der Waals surface area contributed by atoms with Crippen molar-refractivity contribution in [3.63, 3.8) is 0 Å². The molecule has 0 aliphatic carbocycles. The summed E-state index contributed by atoms with van der Waals surface area (Å²) in [6.45, 7) is 1.83. The molecule has 1 saturated heterocycles. The number of ether oxygens (including phenoxy) is 2. The zero-order valence-electron chi connectivity index (χ0n) is 15.7. The van der Waals surface area contributed by atoms with Gasteiger partial charge in [-0.25, -0.2) is 0 Å². The second kappa shape index (κ2) is 7.72. The summed E-state index contributed by atoms with van der Waals surface area (Å²) in [6, 6.07) is 14.0. The van der Waals surface area contributed by atoms with Gasteiger partial charge in [-0.3, -0.25) is 4.79 Å². The predicted molar refractivity (Wildman–Crippen MR) is 109 cm³/mol. The van der Waals surface area contributed by atoms with E-state index < -0.39 is 0 Å². The summed E-state index contributed by atoms with van der Waals surface area (Å²) in [7, 11) is 3.98. The second-order valence-corrected chi connectivity index (χ2v) is 8.31. The van der Waals surface area contributed by atoms with Crippen LogP contribution in [0.1, 0.15) is 27.6 Å². The van der Waals surface area contributed by atoms with Gasteiger partial charge in [0.2, 0.25) is 6.79 Å². The zero-order chi connectivity index (χ0) is 18.8. The largest absolute Gasteiger partial charge is 0.454 e. The van der Waals surface area contributed by atoms with Gasteiger partial charge in [-0.2, -0.15) is 11.8 Å². The first-order valence-electron chi connectivity index (χ1n) is 9.19. The van der Waals surface area contributed by atoms with Gasteiger partial charge < -0.3 is 19.3 Å². The Kier molecular flexibility index (Phi) is 5.16. The van der Waals surface area contributed by atoms with Gasteiger partial charge in [0.1, 0.15) is 0 Å². The molecule has 4 rings (SSSR count). The summed E-state index contributed by atoms with van der Waals surface area (Å²) >= 11 is 1.91. The van der Waals surface area contributed by atoms with E-state index in [4.69, 9.17) is 9.47 Å². The van der Waals surface area contributed by atoms with E-state index in [1.165, 1.54) is 5.56 Å². The van der Waals surface area contributed by atoms with Crippen molar-refractivity contribution in [1.82, 2.24) is 4.90 Å². The Hall–Kier alpha value is -2.34. The highest BCUT2D eigenvalue weighted by Crippen LogP contribution is 2.40. The minimum absolute atomic E-state index is 0.116. The summed E-state index contributed by atoms with van der Waals surface area (Å²) in [5, 5.41) is 0.366. The van der Waals surface area contributed by atoms with Crippen LogP contribution in [0.5, 0.6) is 11.5 Å². The van der Waals surface area contributed by atoms with Crippen molar-refractivity contribution in [2.75, 3.05) is 44.6 Å². The van der Waals surface area contributed by atoms with E-state index in [1.807, 2.05) is 66.0 Å². The van der Waals surface area contributed by atoms with E-state index in [0.717, 1.165) is 48.0 Å². The lowest BCUT2D eigenvalue weighted by Gasteiger charge is -2.21. The van der Waals surface area contributed by atoms with Crippen molar-refractivity contribution in [2.45, 2.75) is 11.7 Å². The first-order valence-corrected chi connectivity index (χ1v) is 10.2. The smallest absolute Gasteiger partial charge is 0.253 e. The number of thioether (sulfide) groups is 1. The van der Waals surface area contributed by atoms with Gasteiger partial charge in [0, 0.05) is 49.4 Å². The summed E-state index contributed by atoms with van der Waals surface area (Å²) in [5.41, 5.74) is 3.05. The fourth-order valence-corrected chi connectivity index (χ4v) is 4.67. The molecule has 1 amide bonds. The Morgan fingerprint density at radius 2 is 1.96 bits per heavy atom. The van der Waals surface area contributed by atoms with Crippen molar-refractivity contribution in [2.24, 2.45) is 0 Å². The highest BCUT2D eigenvalue weighted by molar-refractivity contribution is 7.99. The van der Waals surface area contributed by atoms with Crippen molar-refractivity contribution in [3.8, 4) is 11.5 Å². The first kappa shape index (κ1) is 18.0. The summed E-state index contributed by atoms with van der Waals surface area (Å²) < 4.78 is 10.9. The molecule has 1 fully saturated rings. The number of benzene rings is 2. The number of amides is 1. The van der Waals surface area contributed by atoms with Gasteiger partial charge in [-0.05, 0) is 42.3 Å². The number of hydrogen-bond donors (Lipinski definition) is 0. The highest BCUT2D eigenvalue weighted by Gasteiger charge is 2.24. The van der Waals surface area contributed by atoms with Crippen LogP contribution in [-0.2, 0) is 0 Å². The lowest BCUT2D eigenvalue weighted by atomic mass is 10.1. The normalized spacial score (nSPS) is 18.9. The monoisotopic (exact) mass is 384 g/mol. The van der Waals surface area contributed by atoms with Crippen molar-refractivity contribution in [3.05, 3.63) is 53.6 Å². The number of carbonyl (C=O) groups is 1. The lowest BCUT2D eigenvalue weighted by Crippen LogP contribution is -2.33. The van der Waals surface area contributed by atoms with Gasteiger partial charge in [0.25, 0.3) is 5.91 Å². The molecular weight excluding hydrogens is 360 g/mol. The van der Waals surface area contributed by atoms with E-state index in [1.54, 1.807) is 0 Å². The molecular formula is C21H24N2O3S. The summed E-state index contributed by atoms with van der Waals surface area (Å²) in [4.78, 5) is 17.0. The Bertz CT molecular complexity index is 840. The maximum absolute atomic E-state index is 13.0. The highest BCUT2D eigenvalue weighted by atomic mass is 32.2. The quantitative estimate of drug-likeness (QED) is 0.805. The van der Waals surface area contributed by atoms with E-state index in [0.29, 0.717) is 12.0 Å². The third-order valence-corrected chi connectivity index (χ3v) is 6.34. The van der Waals surface area contributed by atoms with Crippen LogP contribution in [-0.4, -0.2) is 50.5 Å². The Morgan fingerprint density at radius 1 is 1.11 bits per heavy atom. The maximum Gasteiger partial charge on any atom is 0.253 e. The van der Waals surface area contributed by atoms with Crippen molar-refractivity contribution >= 4 is 23.4 Å². The molecule has 27 heavy (non-hydrogen) atoms. The second-order valence-electron chi connectivity index (χ2n) is 7.00. The van der Waals surface area contributed by atoms with Crippen LogP contribution in [0.2, 0.25) is 0 Å². The molecule has 0 aromatic heterocycles. The molecule has 2 aliphatic heterocycles. The molecule has 0 spiro atoms. The Morgan fingerprint density at radius 3 is 2.81 bits per heavy atom. The minimum Gasteiger partial charge on any atom is -0.454 e. The average Bonchev–Trinajstić information content (AvgIpc) is 3.02. The van der Waals surface area contributed by atoms with E-state index in [9.17, 15) is 4.79 Å². The molecule has 2 aliphatic rings. The molecule has 2 aromatic rings. The zero-order valence-corrected chi connectivity index (χ0v) is 16.5. The summed E-state index contributed by atoms with van der Waals surface area (Å²) in [5.74, 6) is 2.68. The molecule has 0 radical (unpaired) electrons. The van der Waals surface area contributed by atoms with E-state index >= 15 is 0 Å². The number of nitrogens with zero attached hydrogens (tertiary/aromatic N) is 2. The van der Waals surface area contributed by atoms with Gasteiger partial charge in [-0.1, -0.05) is 12.1 Å². The number of fused-ring (bicyclic) bond motifs is 1. The standard InChI is InChI=1S/C21H24N2O3S/c1-22(2)17-5-3-4-16(12-17)21(24)23-9-8-20(27-11-10-23)15-6-7-18-19(13-15)26-14-25-18/h3-7,12-13,20H,8-11,14H2,1-2H3. The molecule has 0 N–H and O–H groups in total. The molecule has 2 heterocycles. The minimum atomic E-state index is 0.116. The molecule has 142 valence electrons. The molecule has 6 heteroatoms. The van der Waals surface area contributed by atoms with Crippen molar-refractivity contribution in [1.29, 1.82) is 0 Å². The van der Waals surface area contributed by atoms with Crippen LogP contribution in [0, 0.1) is 0 Å². The predicted octanol–water partition coefficient (Wildman–Crippen LogP) is 3.80. The van der Waals surface area contributed by atoms with Crippen LogP contribution in [0.25, 0.3) is 0 Å². The van der Waals surface area contributed by atoms with Gasteiger partial charge in [0.15, 0.2) is 11.5 Å². The third-order valence-electron chi connectivity index (χ3n) is 5.01. The van der Waals surface area contributed by atoms with Crippen LogP contribution in [0.15, 0.2) is 42.5 Å². The molecule has 5 nitrogen and oxygen atoms in total. The fourth-order valence-electron chi connectivity index (χ4n) is 3.45. The van der Waals surface area contributed by atoms with Crippen molar-refractivity contribution < 1.29 is 14.3 Å². The van der Waals surface area contributed by atoms with Crippen LogP contribution in [0.4, 0.5) is 5.69 Å². The Balaban J connectivity index is 1.45. The van der Waals surface area contributed by atoms with Crippen LogP contribution < -0.4 is 14.4 Å². The molecule has 1 unspecified atom stereocenters. The SMILES string of the molecule is CN(C)c1cccc(C(=O)N2CCSC(c3ccc4c(c3)OCO4)CC2)c1. The topological polar surface area (TPSA) is 42.0 Å². The lowest BCUT2D eigenvalue weighted by molar-refractivity contribution is 0.0766. The molecule has 0 bridgehead atoms. The number of hydrogen-bond acceptors (Lipinski definition) is 5. The first-order chi connectivity index (χ1) is 13.1. The molecule has 2 aromatic carbocycles. The van der Waals surface area contributed by atoms with E-state index in [2.05, 4.69) is 12.1 Å². The maximum atomic E-state index is 13.0. The van der Waals surface area contributed by atoms with Gasteiger partial charge in [-0.15, -0.1) is 0 Å². The molecule has 0 saturated carbocycles. The number of rotatable bonds is 3. The third kappa shape index (κ3) is 3.86. The number of carbonyl (C=O) groups excluding carboxylic acids is 1. The average molecular weight is 385 g/mol. The fraction of sp³-hybridized carbons (Fsp3) is 0.381. The van der Waals surface area contributed by atoms with Gasteiger partial charge in [0.05, 0.1) is 0 Å². The van der Waals surface area contributed by atoms with Crippen LogP contribution >= 0.6 is 11.8 Å². The number of anilines is 1. The van der Waals surface area contributed by atoms with Gasteiger partial charge >= 0.3 is 0 Å². The summed E-state index contributed by atoms with van der Waals surface area (Å²) in [6.07, 6.45) is 0.934. The van der Waals surface area contributed by atoms with Crippen LogP contribution in [0.3, 0.4) is 0 Å². The Labute approximate surface area is 164 Å². The molecule has 1 atom stereocenters.